The van der Waals surface area contributed by atoms with E-state index in [0.717, 1.165) is 16.7 Å². The molecule has 0 saturated carbocycles. The van der Waals surface area contributed by atoms with Crippen molar-refractivity contribution in [2.24, 2.45) is 0 Å². The number of hydrogen-bond donors (Lipinski definition) is 0. The number of rotatable bonds is 0. The minimum Gasteiger partial charge on any atom is -0.285 e. The van der Waals surface area contributed by atoms with E-state index in [9.17, 15) is 19.2 Å². The molecule has 0 amide bonds. The van der Waals surface area contributed by atoms with Crippen LogP contribution in [-0.2, 0) is 10.8 Å². The molecule has 0 N–H and O–H groups in total. The van der Waals surface area contributed by atoms with Gasteiger partial charge in [-0.1, -0.05) is 59.7 Å². The zero-order valence-electron chi connectivity index (χ0n) is 17.9. The third kappa shape index (κ3) is 2.38. The van der Waals surface area contributed by atoms with Crippen molar-refractivity contribution in [1.82, 2.24) is 0 Å². The first-order chi connectivity index (χ1) is 13.3. The van der Waals surface area contributed by atoms with Gasteiger partial charge in [-0.2, -0.15) is 0 Å². The minimum atomic E-state index is -0.615. The lowest BCUT2D eigenvalue weighted by Gasteiger charge is -2.33. The van der Waals surface area contributed by atoms with E-state index < -0.39 is 32.5 Å². The lowest BCUT2D eigenvalue weighted by atomic mass is 9.70. The summed E-state index contributed by atoms with van der Waals surface area (Å²) in [6, 6.07) is 4.70. The molecule has 0 spiro atoms. The molecule has 0 radical (unpaired) electrons. The van der Waals surface area contributed by atoms with Crippen LogP contribution < -0.4 is 21.7 Å². The van der Waals surface area contributed by atoms with Crippen molar-refractivity contribution >= 4 is 21.5 Å². The van der Waals surface area contributed by atoms with Crippen LogP contribution >= 0.6 is 0 Å². The molecule has 0 bridgehead atoms. The van der Waals surface area contributed by atoms with E-state index in [-0.39, 0.29) is 10.8 Å². The van der Waals surface area contributed by atoms with E-state index >= 15 is 0 Å². The zero-order valence-corrected chi connectivity index (χ0v) is 17.9. The fourth-order valence-electron chi connectivity index (χ4n) is 5.13. The lowest BCUT2D eigenvalue weighted by molar-refractivity contribution is 0.568. The summed E-state index contributed by atoms with van der Waals surface area (Å²) >= 11 is 0. The first-order valence-corrected chi connectivity index (χ1v) is 9.81. The van der Waals surface area contributed by atoms with E-state index in [2.05, 4.69) is 0 Å². The number of benzene rings is 4. The van der Waals surface area contributed by atoms with Crippen LogP contribution in [0.3, 0.4) is 0 Å². The Labute approximate surface area is 168 Å². The van der Waals surface area contributed by atoms with Crippen LogP contribution in [-0.4, -0.2) is 0 Å². The summed E-state index contributed by atoms with van der Waals surface area (Å²) < 4.78 is 0. The molecule has 0 heterocycles. The highest BCUT2D eigenvalue weighted by Crippen LogP contribution is 2.45. The van der Waals surface area contributed by atoms with Crippen LogP contribution in [0.4, 0.5) is 0 Å². The fourth-order valence-corrected chi connectivity index (χ4v) is 5.13. The molecule has 0 unspecified atom stereocenters. The Bertz CT molecular complexity index is 1380. The quantitative estimate of drug-likeness (QED) is 0.340. The molecule has 4 heteroatoms. The predicted molar refractivity (Wildman–Crippen MR) is 119 cm³/mol. The summed E-state index contributed by atoms with van der Waals surface area (Å²) in [5.74, 6) is 0. The Morgan fingerprint density at radius 1 is 0.586 bits per heavy atom. The van der Waals surface area contributed by atoms with Gasteiger partial charge in [0.05, 0.1) is 0 Å². The smallest absolute Gasteiger partial charge is 0.234 e. The summed E-state index contributed by atoms with van der Waals surface area (Å²) in [5, 5.41) is 1.02. The summed E-state index contributed by atoms with van der Waals surface area (Å²) in [7, 11) is 0. The third-order valence-electron chi connectivity index (χ3n) is 5.92. The van der Waals surface area contributed by atoms with Gasteiger partial charge in [-0.15, -0.1) is 0 Å². The average molecular weight is 388 g/mol. The van der Waals surface area contributed by atoms with Crippen LogP contribution in [0.5, 0.6) is 0 Å². The molecular formula is C25H24O4. The van der Waals surface area contributed by atoms with E-state index in [1.165, 1.54) is 0 Å². The molecule has 2 aliphatic carbocycles. The maximum absolute atomic E-state index is 13.3. The van der Waals surface area contributed by atoms with Gasteiger partial charge in [-0.3, -0.25) is 19.2 Å². The Morgan fingerprint density at radius 3 is 1.31 bits per heavy atom. The second kappa shape index (κ2) is 5.59. The van der Waals surface area contributed by atoms with E-state index in [4.69, 9.17) is 0 Å². The Balaban J connectivity index is 2.61. The summed E-state index contributed by atoms with van der Waals surface area (Å²) in [6.07, 6.45) is 0. The Hall–Kier alpha value is -2.88. The highest BCUT2D eigenvalue weighted by molar-refractivity contribution is 6.13. The van der Waals surface area contributed by atoms with E-state index in [1.807, 2.05) is 48.5 Å². The van der Waals surface area contributed by atoms with Gasteiger partial charge in [0.25, 0.3) is 0 Å². The van der Waals surface area contributed by atoms with Crippen LogP contribution in [0.15, 0.2) is 37.4 Å². The van der Waals surface area contributed by atoms with Gasteiger partial charge in [-0.25, -0.2) is 0 Å². The van der Waals surface area contributed by atoms with Crippen LogP contribution in [0.1, 0.15) is 58.2 Å². The van der Waals surface area contributed by atoms with Gasteiger partial charge >= 0.3 is 0 Å². The average Bonchev–Trinajstić information content (AvgIpc) is 2.60. The van der Waals surface area contributed by atoms with Gasteiger partial charge in [0.1, 0.15) is 0 Å². The molecule has 29 heavy (non-hydrogen) atoms. The van der Waals surface area contributed by atoms with Gasteiger partial charge in [0, 0.05) is 32.7 Å². The van der Waals surface area contributed by atoms with Crippen molar-refractivity contribution in [2.45, 2.75) is 59.3 Å². The fraction of sp³-hybridized carbons (Fsp3) is 0.360. The van der Waals surface area contributed by atoms with Crippen LogP contribution in [0.25, 0.3) is 32.7 Å². The molecule has 0 aliphatic heterocycles. The highest BCUT2D eigenvalue weighted by atomic mass is 16.2. The second-order valence-electron chi connectivity index (χ2n) is 10.0. The lowest BCUT2D eigenvalue weighted by Crippen LogP contribution is -2.36. The van der Waals surface area contributed by atoms with Crippen molar-refractivity contribution in [1.29, 1.82) is 0 Å². The molecule has 0 atom stereocenters. The molecule has 148 valence electrons. The summed E-state index contributed by atoms with van der Waals surface area (Å²) in [5.41, 5.74) is 0.0127. The van der Waals surface area contributed by atoms with Gasteiger partial charge in [0.15, 0.2) is 0 Å². The van der Waals surface area contributed by atoms with E-state index in [1.54, 1.807) is 18.2 Å². The van der Waals surface area contributed by atoms with Crippen molar-refractivity contribution in [2.75, 3.05) is 0 Å². The monoisotopic (exact) mass is 388 g/mol. The molecular weight excluding hydrogens is 364 g/mol. The SMILES string of the molecule is Cc1c(C(C)(C)C)c2c3c(c1C(C)(C)C)c(=O)c(=O)c1cccc(c1-3)c(=O)c2=O. The topological polar surface area (TPSA) is 68.3 Å². The zero-order chi connectivity index (χ0) is 21.6. The largest absolute Gasteiger partial charge is 0.285 e. The molecule has 4 nitrogen and oxygen atoms in total. The maximum atomic E-state index is 13.3. The maximum Gasteiger partial charge on any atom is 0.234 e. The highest BCUT2D eigenvalue weighted by Gasteiger charge is 2.35. The molecule has 2 aromatic rings. The Kier molecular flexibility index (Phi) is 3.75. The van der Waals surface area contributed by atoms with E-state index in [0.29, 0.717) is 21.9 Å². The second-order valence-corrected chi connectivity index (χ2v) is 10.0. The predicted octanol–water partition coefficient (Wildman–Crippen LogP) is 3.76. The molecule has 2 aromatic carbocycles. The molecule has 0 fully saturated rings. The molecule has 4 rings (SSSR count). The third-order valence-corrected chi connectivity index (χ3v) is 5.92. The van der Waals surface area contributed by atoms with Crippen molar-refractivity contribution < 1.29 is 0 Å². The number of hydrogen-bond acceptors (Lipinski definition) is 4. The van der Waals surface area contributed by atoms with Crippen molar-refractivity contribution in [3.63, 3.8) is 0 Å². The normalized spacial score (nSPS) is 13.2. The summed E-state index contributed by atoms with van der Waals surface area (Å²) in [4.78, 5) is 52.5. The minimum absolute atomic E-state index is 0.214. The van der Waals surface area contributed by atoms with Crippen LogP contribution in [0, 0.1) is 6.92 Å². The van der Waals surface area contributed by atoms with Gasteiger partial charge in [0.2, 0.25) is 21.7 Å². The molecule has 2 aliphatic rings. The molecule has 0 saturated heterocycles. The Morgan fingerprint density at radius 2 is 0.966 bits per heavy atom. The van der Waals surface area contributed by atoms with Gasteiger partial charge in [-0.05, 0) is 34.4 Å². The standard InChI is InChI=1S/C25H24O4/c1-11-18(24(2,3)4)16-15-14-12(20(26)22(16)28)9-8-10-13(14)21(27)23(29)17(15)19(11)25(5,6)7/h8-10H,1-7H3. The van der Waals surface area contributed by atoms with Crippen molar-refractivity contribution in [3.8, 4) is 11.1 Å². The molecule has 0 aromatic heterocycles. The van der Waals surface area contributed by atoms with Crippen LogP contribution in [0.2, 0.25) is 0 Å². The van der Waals surface area contributed by atoms with Gasteiger partial charge < -0.3 is 0 Å². The first kappa shape index (κ1) is 19.4. The van der Waals surface area contributed by atoms with Crippen molar-refractivity contribution in [3.05, 3.63) is 75.8 Å². The first-order valence-electron chi connectivity index (χ1n) is 9.81. The summed E-state index contributed by atoms with van der Waals surface area (Å²) in [6.45, 7) is 13.9.